The Morgan fingerprint density at radius 3 is 0.822 bits per heavy atom. The molecule has 7 aromatic rings. The number of hydrogen-bond donors (Lipinski definition) is 0. The van der Waals surface area contributed by atoms with Gasteiger partial charge in [-0.05, 0) is 30.3 Å². The van der Waals surface area contributed by atoms with E-state index in [0.29, 0.717) is 0 Å². The lowest BCUT2D eigenvalue weighted by Crippen LogP contribution is -2.75. The minimum Gasteiger partial charge on any atom is -0.404 e. The zero-order valence-electron chi connectivity index (χ0n) is 35.4. The minimum atomic E-state index is -6.13. The summed E-state index contributed by atoms with van der Waals surface area (Å²) in [4.78, 5) is 0. The number of alkyl halides is 24. The third-order valence-corrected chi connectivity index (χ3v) is 11.1. The molecular formula is C46H24BF24NO. The first-order valence-electron chi connectivity index (χ1n) is 19.9. The first kappa shape index (κ1) is 55.5. The highest BCUT2D eigenvalue weighted by molar-refractivity contribution is 7.20. The van der Waals surface area contributed by atoms with Crippen LogP contribution in [0.1, 0.15) is 50.1 Å². The second kappa shape index (κ2) is 18.9. The summed E-state index contributed by atoms with van der Waals surface area (Å²) in [5.41, 5.74) is -26.9. The van der Waals surface area contributed by atoms with Gasteiger partial charge in [-0.2, -0.15) is 132 Å². The highest BCUT2D eigenvalue weighted by Crippen LogP contribution is 2.41. The van der Waals surface area contributed by atoms with Crippen LogP contribution in [0.15, 0.2) is 138 Å². The van der Waals surface area contributed by atoms with Crippen molar-refractivity contribution in [1.82, 2.24) is 0 Å². The predicted molar refractivity (Wildman–Crippen MR) is 212 cm³/mol. The number of oxazole rings is 1. The van der Waals surface area contributed by atoms with E-state index in [1.165, 1.54) is 5.56 Å². The monoisotopic (exact) mass is 1070 g/mol. The van der Waals surface area contributed by atoms with Gasteiger partial charge in [0, 0.05) is 11.6 Å². The Morgan fingerprint density at radius 1 is 0.315 bits per heavy atom. The molecule has 1 aromatic heterocycles. The van der Waals surface area contributed by atoms with Crippen molar-refractivity contribution in [3.05, 3.63) is 184 Å². The van der Waals surface area contributed by atoms with Crippen molar-refractivity contribution in [2.24, 2.45) is 0 Å². The molecule has 0 aliphatic heterocycles. The van der Waals surface area contributed by atoms with Gasteiger partial charge < -0.3 is 4.42 Å². The second-order valence-electron chi connectivity index (χ2n) is 16.0. The van der Waals surface area contributed by atoms with E-state index in [9.17, 15) is 105 Å². The van der Waals surface area contributed by atoms with Crippen LogP contribution >= 0.6 is 0 Å². The second-order valence-corrected chi connectivity index (χ2v) is 16.0. The van der Waals surface area contributed by atoms with Crippen LogP contribution in [0, 0.1) is 0 Å². The molecule has 0 N–H and O–H groups in total. The van der Waals surface area contributed by atoms with Crippen molar-refractivity contribution in [1.29, 1.82) is 0 Å². The fourth-order valence-electron chi connectivity index (χ4n) is 7.94. The number of fused-ring (bicyclic) bond motifs is 1. The fraction of sp³-hybridized carbons (Fsp3) is 0.196. The third-order valence-electron chi connectivity index (χ3n) is 11.1. The zero-order valence-corrected chi connectivity index (χ0v) is 35.4. The molecule has 0 radical (unpaired) electrons. The third kappa shape index (κ3) is 12.3. The summed E-state index contributed by atoms with van der Waals surface area (Å²) in [5, 5.41) is 0. The summed E-state index contributed by atoms with van der Waals surface area (Å²) < 4.78 is 348. The highest BCUT2D eigenvalue weighted by Gasteiger charge is 2.47. The summed E-state index contributed by atoms with van der Waals surface area (Å²) in [6, 6.07) is 9.63. The maximum atomic E-state index is 14.2. The van der Waals surface area contributed by atoms with Gasteiger partial charge in [0.2, 0.25) is 5.58 Å². The number of halogens is 24. The van der Waals surface area contributed by atoms with Gasteiger partial charge in [-0.1, -0.05) is 91.0 Å². The summed E-state index contributed by atoms with van der Waals surface area (Å²) in [7, 11) is 0. The molecule has 7 rings (SSSR count). The van der Waals surface area contributed by atoms with Crippen LogP contribution in [0.3, 0.4) is 0 Å². The number of para-hydroxylation sites is 2. The molecule has 0 saturated carbocycles. The molecule has 6 aromatic carbocycles. The van der Waals surface area contributed by atoms with Crippen LogP contribution in [0.2, 0.25) is 0 Å². The largest absolute Gasteiger partial charge is 0.416 e. The Bertz CT molecular complexity index is 2660. The molecule has 0 fully saturated rings. The normalized spacial score (nSPS) is 13.5. The van der Waals surface area contributed by atoms with E-state index in [1.54, 1.807) is 6.39 Å². The molecule has 0 spiro atoms. The first-order valence-corrected chi connectivity index (χ1v) is 19.9. The number of benzene rings is 6. The van der Waals surface area contributed by atoms with Crippen LogP contribution in [-0.4, -0.2) is 6.15 Å². The van der Waals surface area contributed by atoms with Crippen molar-refractivity contribution in [2.45, 2.75) is 56.0 Å². The fourth-order valence-corrected chi connectivity index (χ4v) is 7.94. The van der Waals surface area contributed by atoms with E-state index in [-0.39, 0.29) is 0 Å². The van der Waals surface area contributed by atoms with E-state index in [4.69, 9.17) is 4.42 Å². The number of aromatic nitrogens is 1. The van der Waals surface area contributed by atoms with E-state index in [2.05, 4.69) is 34.9 Å². The standard InChI is InChI=1S/C32H12BF24.C14H12NO/c34-25(35,36)13-1-14(26(37,38)39)6-21(5-13)33(22-7-15(27(40,41)42)2-16(8-22)28(43,44)45,23-9-17(29(46,47)48)3-18(10-23)30(49,50)51)24-11-19(31(52,53)54)4-20(12-24)32(55,56)57;1-2-6-12(7-3-1)10-15-11-16-14-9-5-4-8-13(14)15/h1-12H;1-9,11H,10H2/q-1;+1. The summed E-state index contributed by atoms with van der Waals surface area (Å²) >= 11 is 0. The molecular weight excluding hydrogens is 1050 g/mol. The maximum absolute atomic E-state index is 14.2. The Morgan fingerprint density at radius 2 is 0.562 bits per heavy atom. The van der Waals surface area contributed by atoms with Crippen molar-refractivity contribution in [3.8, 4) is 0 Å². The number of rotatable bonds is 6. The van der Waals surface area contributed by atoms with Gasteiger partial charge >= 0.3 is 55.8 Å². The topological polar surface area (TPSA) is 17.0 Å². The van der Waals surface area contributed by atoms with Gasteiger partial charge in [0.1, 0.15) is 6.15 Å². The van der Waals surface area contributed by atoms with Gasteiger partial charge in [-0.3, -0.25) is 0 Å². The molecule has 0 unspecified atom stereocenters. The zero-order chi connectivity index (χ0) is 54.7. The molecule has 2 nitrogen and oxygen atoms in total. The van der Waals surface area contributed by atoms with Crippen LogP contribution < -0.4 is 26.4 Å². The lowest BCUT2D eigenvalue weighted by molar-refractivity contribution is -0.667. The SMILES string of the molecule is FC(F)(F)c1cc([B-](c2cc(C(F)(F)F)cc(C(F)(F)F)c2)(c2cc(C(F)(F)F)cc(C(F)(F)F)c2)c2cc(C(F)(F)F)cc(C(F)(F)F)c2)cc(C(F)(F)F)c1.c1ccc(C[n+]2coc3ccccc32)cc1. The summed E-state index contributed by atoms with van der Waals surface area (Å²) in [6.07, 6.45) is -53.0. The summed E-state index contributed by atoms with van der Waals surface area (Å²) in [5.74, 6) is 0. The van der Waals surface area contributed by atoms with Gasteiger partial charge in [-0.25, -0.2) is 0 Å². The van der Waals surface area contributed by atoms with E-state index >= 15 is 0 Å². The van der Waals surface area contributed by atoms with Crippen molar-refractivity contribution < 1.29 is 114 Å². The minimum absolute atomic E-state index is 0.691. The molecule has 73 heavy (non-hydrogen) atoms. The van der Waals surface area contributed by atoms with Crippen molar-refractivity contribution >= 4 is 39.1 Å². The average Bonchev–Trinajstić information content (AvgIpc) is 3.67. The van der Waals surface area contributed by atoms with Gasteiger partial charge in [0.05, 0.1) is 44.5 Å². The lowest BCUT2D eigenvalue weighted by atomic mass is 9.12. The first-order chi connectivity index (χ1) is 33.2. The molecule has 0 bridgehead atoms. The highest BCUT2D eigenvalue weighted by atomic mass is 19.4. The van der Waals surface area contributed by atoms with Crippen LogP contribution in [0.25, 0.3) is 11.1 Å². The summed E-state index contributed by atoms with van der Waals surface area (Å²) in [6.45, 7) is 0.845. The van der Waals surface area contributed by atoms with E-state index in [0.717, 1.165) is 17.6 Å². The molecule has 0 atom stereocenters. The molecule has 0 saturated heterocycles. The van der Waals surface area contributed by atoms with Gasteiger partial charge in [-0.15, -0.1) is 0 Å². The molecule has 0 aliphatic rings. The van der Waals surface area contributed by atoms with Gasteiger partial charge in [0.25, 0.3) is 5.52 Å². The Hall–Kier alpha value is -6.83. The predicted octanol–water partition coefficient (Wildman–Crippen LogP) is 14.0. The quantitative estimate of drug-likeness (QED) is 0.0921. The van der Waals surface area contributed by atoms with Crippen LogP contribution in [0.5, 0.6) is 0 Å². The van der Waals surface area contributed by atoms with E-state index in [1.807, 2.05) is 24.3 Å². The van der Waals surface area contributed by atoms with Crippen LogP contribution in [0.4, 0.5) is 105 Å². The molecule has 27 heteroatoms. The average molecular weight is 1070 g/mol. The Labute approximate surface area is 393 Å². The molecule has 0 aliphatic carbocycles. The Kier molecular flexibility index (Phi) is 14.4. The number of hydrogen-bond acceptors (Lipinski definition) is 1. The molecule has 390 valence electrons. The van der Waals surface area contributed by atoms with Crippen LogP contribution in [-0.2, 0) is 56.0 Å². The number of nitrogens with zero attached hydrogens (tertiary/aromatic N) is 1. The lowest BCUT2D eigenvalue weighted by Gasteiger charge is -2.46. The van der Waals surface area contributed by atoms with Gasteiger partial charge in [0.15, 0.2) is 6.54 Å². The van der Waals surface area contributed by atoms with Crippen molar-refractivity contribution in [2.75, 3.05) is 0 Å². The van der Waals surface area contributed by atoms with Crippen molar-refractivity contribution in [3.63, 3.8) is 0 Å². The maximum Gasteiger partial charge on any atom is 0.416 e. The molecule has 0 amide bonds. The Balaban J connectivity index is 0.000000453. The molecule has 1 heterocycles. The van der Waals surface area contributed by atoms with E-state index < -0.39 is 195 Å². The smallest absolute Gasteiger partial charge is 0.404 e.